The first-order valence-corrected chi connectivity index (χ1v) is 6.04. The third kappa shape index (κ3) is 4.39. The molecular weight excluding hydrogens is 293 g/mol. The summed E-state index contributed by atoms with van der Waals surface area (Å²) < 4.78 is 11.1. The number of hydrogen-bond donors (Lipinski definition) is 1. The molecule has 0 atom stereocenters. The van der Waals surface area contributed by atoms with Gasteiger partial charge in [-0.2, -0.15) is 0 Å². The van der Waals surface area contributed by atoms with Crippen molar-refractivity contribution < 1.29 is 9.47 Å². The second-order valence-corrected chi connectivity index (χ2v) is 4.59. The fraction of sp³-hybridized carbons (Fsp3) is 0.455. The molecule has 1 aromatic carbocycles. The molecular formula is C11H15BrClNO2. The minimum Gasteiger partial charge on any atom is -0.355 e. The molecule has 0 fully saturated rings. The lowest BCUT2D eigenvalue weighted by Gasteiger charge is -2.14. The second-order valence-electron chi connectivity index (χ2n) is 3.27. The van der Waals surface area contributed by atoms with Gasteiger partial charge in [0.1, 0.15) is 0 Å². The van der Waals surface area contributed by atoms with Gasteiger partial charge in [0.15, 0.2) is 6.29 Å². The molecule has 1 rings (SSSR count). The van der Waals surface area contributed by atoms with Gasteiger partial charge in [-0.25, -0.2) is 0 Å². The minimum atomic E-state index is -0.231. The summed E-state index contributed by atoms with van der Waals surface area (Å²) in [7, 11) is 3.23. The van der Waals surface area contributed by atoms with Crippen LogP contribution in [0.15, 0.2) is 22.7 Å². The fourth-order valence-corrected chi connectivity index (χ4v) is 1.86. The van der Waals surface area contributed by atoms with E-state index in [2.05, 4.69) is 21.2 Å². The van der Waals surface area contributed by atoms with E-state index in [0.29, 0.717) is 13.1 Å². The summed E-state index contributed by atoms with van der Waals surface area (Å²) in [5, 5.41) is 3.97. The van der Waals surface area contributed by atoms with Crippen molar-refractivity contribution in [3.05, 3.63) is 33.3 Å². The lowest BCUT2D eigenvalue weighted by molar-refractivity contribution is -0.0989. The topological polar surface area (TPSA) is 30.5 Å². The number of hydrogen-bond acceptors (Lipinski definition) is 3. The summed E-state index contributed by atoms with van der Waals surface area (Å²) in [6.07, 6.45) is -0.231. The van der Waals surface area contributed by atoms with Gasteiger partial charge in [-0.05, 0) is 23.8 Å². The van der Waals surface area contributed by atoms with Gasteiger partial charge in [0.25, 0.3) is 0 Å². The molecule has 1 N–H and O–H groups in total. The van der Waals surface area contributed by atoms with Crippen LogP contribution in [-0.4, -0.2) is 27.1 Å². The van der Waals surface area contributed by atoms with Gasteiger partial charge >= 0.3 is 0 Å². The van der Waals surface area contributed by atoms with Crippen LogP contribution in [0.4, 0.5) is 0 Å². The average molecular weight is 309 g/mol. The van der Waals surface area contributed by atoms with Gasteiger partial charge in [-0.1, -0.05) is 27.5 Å². The van der Waals surface area contributed by atoms with Crippen molar-refractivity contribution in [2.45, 2.75) is 12.8 Å². The van der Waals surface area contributed by atoms with E-state index in [1.807, 2.05) is 18.2 Å². The highest BCUT2D eigenvalue weighted by Gasteiger charge is 2.05. The van der Waals surface area contributed by atoms with Crippen LogP contribution in [0.25, 0.3) is 0 Å². The molecule has 90 valence electrons. The molecule has 0 bridgehead atoms. The van der Waals surface area contributed by atoms with Gasteiger partial charge < -0.3 is 14.8 Å². The molecule has 0 aliphatic rings. The predicted molar refractivity (Wildman–Crippen MR) is 68.7 cm³/mol. The Hall–Kier alpha value is -0.130. The van der Waals surface area contributed by atoms with E-state index in [4.69, 9.17) is 21.1 Å². The van der Waals surface area contributed by atoms with Gasteiger partial charge in [-0.3, -0.25) is 0 Å². The molecule has 3 nitrogen and oxygen atoms in total. The van der Waals surface area contributed by atoms with Crippen LogP contribution < -0.4 is 5.32 Å². The van der Waals surface area contributed by atoms with Gasteiger partial charge in [0.05, 0.1) is 0 Å². The Bertz CT molecular complexity index is 332. The smallest absolute Gasteiger partial charge is 0.169 e. The Morgan fingerprint density at radius 3 is 2.69 bits per heavy atom. The number of nitrogens with one attached hydrogen (secondary N) is 1. The van der Waals surface area contributed by atoms with Crippen LogP contribution in [0.1, 0.15) is 5.56 Å². The maximum atomic E-state index is 6.06. The van der Waals surface area contributed by atoms with E-state index in [-0.39, 0.29) is 6.29 Å². The molecule has 0 aromatic heterocycles. The molecule has 16 heavy (non-hydrogen) atoms. The molecule has 0 saturated carbocycles. The molecule has 0 aliphatic carbocycles. The van der Waals surface area contributed by atoms with Crippen LogP contribution in [0.2, 0.25) is 5.02 Å². The van der Waals surface area contributed by atoms with Crippen molar-refractivity contribution >= 4 is 27.5 Å². The molecule has 0 spiro atoms. The van der Waals surface area contributed by atoms with E-state index in [9.17, 15) is 0 Å². The molecule has 0 radical (unpaired) electrons. The number of ether oxygens (including phenoxy) is 2. The summed E-state index contributed by atoms with van der Waals surface area (Å²) >= 11 is 9.46. The largest absolute Gasteiger partial charge is 0.355 e. The zero-order valence-electron chi connectivity index (χ0n) is 9.30. The molecule has 0 heterocycles. The zero-order valence-corrected chi connectivity index (χ0v) is 11.6. The van der Waals surface area contributed by atoms with E-state index in [0.717, 1.165) is 15.1 Å². The quantitative estimate of drug-likeness (QED) is 0.820. The van der Waals surface area contributed by atoms with Gasteiger partial charge in [0, 0.05) is 36.8 Å². The number of benzene rings is 1. The van der Waals surface area contributed by atoms with Crippen LogP contribution in [-0.2, 0) is 16.0 Å². The number of halogens is 2. The van der Waals surface area contributed by atoms with Crippen LogP contribution >= 0.6 is 27.5 Å². The minimum absolute atomic E-state index is 0.231. The highest BCUT2D eigenvalue weighted by Crippen LogP contribution is 2.20. The van der Waals surface area contributed by atoms with Crippen molar-refractivity contribution in [2.24, 2.45) is 0 Å². The first-order chi connectivity index (χ1) is 7.67. The maximum Gasteiger partial charge on any atom is 0.169 e. The van der Waals surface area contributed by atoms with E-state index < -0.39 is 0 Å². The van der Waals surface area contributed by atoms with E-state index >= 15 is 0 Å². The van der Waals surface area contributed by atoms with E-state index in [1.54, 1.807) is 14.2 Å². The zero-order chi connectivity index (χ0) is 12.0. The summed E-state index contributed by atoms with van der Waals surface area (Å²) in [5.74, 6) is 0. The molecule has 0 saturated heterocycles. The highest BCUT2D eigenvalue weighted by molar-refractivity contribution is 9.10. The van der Waals surface area contributed by atoms with Crippen molar-refractivity contribution in [3.8, 4) is 0 Å². The first-order valence-electron chi connectivity index (χ1n) is 4.87. The molecule has 1 aromatic rings. The molecule has 0 aliphatic heterocycles. The number of rotatable bonds is 6. The van der Waals surface area contributed by atoms with Crippen molar-refractivity contribution in [2.75, 3.05) is 20.8 Å². The van der Waals surface area contributed by atoms with E-state index in [1.165, 1.54) is 0 Å². The number of methoxy groups -OCH3 is 2. The standard InChI is InChI=1S/C11H15BrClNO2/c1-15-11(16-2)7-14-6-8-5-9(12)3-4-10(8)13/h3-5,11,14H,6-7H2,1-2H3. The Labute approximate surface area is 109 Å². The van der Waals surface area contributed by atoms with Crippen LogP contribution in [0.3, 0.4) is 0 Å². The SMILES string of the molecule is COC(CNCc1cc(Br)ccc1Cl)OC. The van der Waals surface area contributed by atoms with Gasteiger partial charge in [-0.15, -0.1) is 0 Å². The molecule has 0 amide bonds. The lowest BCUT2D eigenvalue weighted by Crippen LogP contribution is -2.29. The molecule has 0 unspecified atom stereocenters. The van der Waals surface area contributed by atoms with Crippen molar-refractivity contribution in [1.82, 2.24) is 5.32 Å². The fourth-order valence-electron chi connectivity index (χ4n) is 1.27. The monoisotopic (exact) mass is 307 g/mol. The highest BCUT2D eigenvalue weighted by atomic mass is 79.9. The third-order valence-corrected chi connectivity index (χ3v) is 3.02. The summed E-state index contributed by atoms with van der Waals surface area (Å²) in [4.78, 5) is 0. The lowest BCUT2D eigenvalue weighted by atomic mass is 10.2. The second kappa shape index (κ2) is 7.25. The first kappa shape index (κ1) is 13.9. The van der Waals surface area contributed by atoms with Crippen molar-refractivity contribution in [1.29, 1.82) is 0 Å². The van der Waals surface area contributed by atoms with Crippen LogP contribution in [0.5, 0.6) is 0 Å². The van der Waals surface area contributed by atoms with Crippen LogP contribution in [0, 0.1) is 0 Å². The summed E-state index contributed by atoms with van der Waals surface area (Å²) in [6.45, 7) is 1.30. The Balaban J connectivity index is 2.45. The predicted octanol–water partition coefficient (Wildman–Crippen LogP) is 2.81. The average Bonchev–Trinajstić information content (AvgIpc) is 2.29. The third-order valence-electron chi connectivity index (χ3n) is 2.16. The summed E-state index contributed by atoms with van der Waals surface area (Å²) in [6, 6.07) is 5.77. The Kier molecular flexibility index (Phi) is 6.31. The normalized spacial score (nSPS) is 11.1. The Morgan fingerprint density at radius 2 is 2.06 bits per heavy atom. The molecule has 5 heteroatoms. The Morgan fingerprint density at radius 1 is 1.38 bits per heavy atom. The summed E-state index contributed by atoms with van der Waals surface area (Å²) in [5.41, 5.74) is 1.04. The van der Waals surface area contributed by atoms with Gasteiger partial charge in [0.2, 0.25) is 0 Å². The van der Waals surface area contributed by atoms with Crippen molar-refractivity contribution in [3.63, 3.8) is 0 Å². The maximum absolute atomic E-state index is 6.06.